The van der Waals surface area contributed by atoms with Gasteiger partial charge in [-0.15, -0.1) is 0 Å². The number of hydrogen-bond donors (Lipinski definition) is 1. The molecule has 1 heterocycles. The van der Waals surface area contributed by atoms with Crippen molar-refractivity contribution in [1.29, 1.82) is 0 Å². The lowest BCUT2D eigenvalue weighted by Gasteiger charge is -2.19. The van der Waals surface area contributed by atoms with Crippen molar-refractivity contribution >= 4 is 31.6 Å². The normalized spacial score (nSPS) is 12.0. The molecule has 16 heavy (non-hydrogen) atoms. The largest absolute Gasteiger partial charge is 0.397 e. The molecule has 0 amide bonds. The SMILES string of the molecule is CCN(CC)S(=O)(=O)c1cncc(Br)c1N. The lowest BCUT2D eigenvalue weighted by Crippen LogP contribution is -2.31. The Morgan fingerprint density at radius 3 is 2.44 bits per heavy atom. The summed E-state index contributed by atoms with van der Waals surface area (Å²) in [6.45, 7) is 4.38. The van der Waals surface area contributed by atoms with Gasteiger partial charge in [0.15, 0.2) is 0 Å². The van der Waals surface area contributed by atoms with E-state index in [1.807, 2.05) is 0 Å². The number of anilines is 1. The highest BCUT2D eigenvalue weighted by Crippen LogP contribution is 2.27. The number of pyridine rings is 1. The highest BCUT2D eigenvalue weighted by molar-refractivity contribution is 9.10. The lowest BCUT2D eigenvalue weighted by molar-refractivity contribution is 0.445. The number of nitrogen functional groups attached to an aromatic ring is 1. The fourth-order valence-corrected chi connectivity index (χ4v) is 3.34. The molecule has 0 radical (unpaired) electrons. The average Bonchev–Trinajstić information content (AvgIpc) is 2.23. The van der Waals surface area contributed by atoms with Crippen LogP contribution in [0.1, 0.15) is 13.8 Å². The van der Waals surface area contributed by atoms with E-state index in [0.29, 0.717) is 17.6 Å². The van der Waals surface area contributed by atoms with E-state index < -0.39 is 10.0 Å². The van der Waals surface area contributed by atoms with Crippen molar-refractivity contribution in [3.8, 4) is 0 Å². The number of hydrogen-bond acceptors (Lipinski definition) is 4. The van der Waals surface area contributed by atoms with Crippen molar-refractivity contribution in [1.82, 2.24) is 9.29 Å². The molecule has 0 aliphatic carbocycles. The van der Waals surface area contributed by atoms with Crippen LogP contribution in [0.5, 0.6) is 0 Å². The van der Waals surface area contributed by atoms with Crippen LogP contribution in [0.4, 0.5) is 5.69 Å². The van der Waals surface area contributed by atoms with Gasteiger partial charge in [-0.3, -0.25) is 4.98 Å². The molecule has 2 N–H and O–H groups in total. The molecule has 0 unspecified atom stereocenters. The minimum Gasteiger partial charge on any atom is -0.397 e. The molecule has 0 saturated carbocycles. The van der Waals surface area contributed by atoms with Crippen LogP contribution in [-0.4, -0.2) is 30.8 Å². The maximum Gasteiger partial charge on any atom is 0.246 e. The molecule has 1 aromatic heterocycles. The number of rotatable bonds is 4. The van der Waals surface area contributed by atoms with E-state index in [0.717, 1.165) is 0 Å². The molecule has 0 saturated heterocycles. The van der Waals surface area contributed by atoms with Crippen molar-refractivity contribution in [3.63, 3.8) is 0 Å². The van der Waals surface area contributed by atoms with Crippen molar-refractivity contribution in [3.05, 3.63) is 16.9 Å². The van der Waals surface area contributed by atoms with Crippen LogP contribution < -0.4 is 5.73 Å². The number of aromatic nitrogens is 1. The molecular weight excluding hydrogens is 294 g/mol. The van der Waals surface area contributed by atoms with Crippen LogP contribution in [-0.2, 0) is 10.0 Å². The third kappa shape index (κ3) is 2.36. The number of nitrogens with two attached hydrogens (primary N) is 1. The summed E-state index contributed by atoms with van der Waals surface area (Å²) in [6, 6.07) is 0. The fraction of sp³-hybridized carbons (Fsp3) is 0.444. The molecule has 0 spiro atoms. The summed E-state index contributed by atoms with van der Waals surface area (Å²) in [5.41, 5.74) is 5.92. The summed E-state index contributed by atoms with van der Waals surface area (Å²) in [5, 5.41) is 0. The highest BCUT2D eigenvalue weighted by atomic mass is 79.9. The molecule has 0 aromatic carbocycles. The Hall–Kier alpha value is -0.660. The predicted octanol–water partition coefficient (Wildman–Crippen LogP) is 1.46. The van der Waals surface area contributed by atoms with Crippen LogP contribution in [0.2, 0.25) is 0 Å². The Kier molecular flexibility index (Phi) is 4.28. The maximum atomic E-state index is 12.2. The molecule has 1 aromatic rings. The Morgan fingerprint density at radius 2 is 1.94 bits per heavy atom. The molecule has 0 atom stereocenters. The van der Waals surface area contributed by atoms with Gasteiger partial charge in [-0.05, 0) is 15.9 Å². The maximum absolute atomic E-state index is 12.2. The van der Waals surface area contributed by atoms with E-state index in [2.05, 4.69) is 20.9 Å². The van der Waals surface area contributed by atoms with Crippen LogP contribution in [0.25, 0.3) is 0 Å². The van der Waals surface area contributed by atoms with Gasteiger partial charge in [0.2, 0.25) is 10.0 Å². The molecule has 0 bridgehead atoms. The highest BCUT2D eigenvalue weighted by Gasteiger charge is 2.25. The standard InChI is InChI=1S/C9H14BrN3O2S/c1-3-13(4-2)16(14,15)8-6-12-5-7(10)9(8)11/h5-6H,3-4H2,1-2H3,(H2,11,12). The first-order valence-electron chi connectivity index (χ1n) is 4.84. The zero-order valence-corrected chi connectivity index (χ0v) is 11.5. The minimum atomic E-state index is -3.54. The van der Waals surface area contributed by atoms with E-state index in [9.17, 15) is 8.42 Å². The zero-order valence-electron chi connectivity index (χ0n) is 9.14. The van der Waals surface area contributed by atoms with Crippen molar-refractivity contribution in [2.24, 2.45) is 0 Å². The predicted molar refractivity (Wildman–Crippen MR) is 66.5 cm³/mol. The topological polar surface area (TPSA) is 76.3 Å². The number of halogens is 1. The zero-order chi connectivity index (χ0) is 12.3. The smallest absolute Gasteiger partial charge is 0.246 e. The van der Waals surface area contributed by atoms with E-state index in [-0.39, 0.29) is 10.6 Å². The van der Waals surface area contributed by atoms with Crippen LogP contribution in [0.15, 0.2) is 21.8 Å². The summed E-state index contributed by atoms with van der Waals surface area (Å²) in [4.78, 5) is 3.88. The molecule has 0 aliphatic heterocycles. The van der Waals surface area contributed by atoms with E-state index >= 15 is 0 Å². The molecule has 0 aliphatic rings. The molecular formula is C9H14BrN3O2S. The second-order valence-electron chi connectivity index (χ2n) is 3.12. The van der Waals surface area contributed by atoms with Crippen LogP contribution >= 0.6 is 15.9 Å². The third-order valence-corrected chi connectivity index (χ3v) is 4.93. The number of sulfonamides is 1. The molecule has 7 heteroatoms. The first-order valence-corrected chi connectivity index (χ1v) is 7.07. The summed E-state index contributed by atoms with van der Waals surface area (Å²) >= 11 is 3.16. The van der Waals surface area contributed by atoms with Crippen LogP contribution in [0.3, 0.4) is 0 Å². The third-order valence-electron chi connectivity index (χ3n) is 2.23. The quantitative estimate of drug-likeness (QED) is 0.913. The Labute approximate surface area is 104 Å². The Bertz CT molecular complexity index is 472. The van der Waals surface area contributed by atoms with Crippen molar-refractivity contribution in [2.75, 3.05) is 18.8 Å². The summed E-state index contributed by atoms with van der Waals surface area (Å²) in [6.07, 6.45) is 2.74. The van der Waals surface area contributed by atoms with Gasteiger partial charge in [0, 0.05) is 25.5 Å². The van der Waals surface area contributed by atoms with Gasteiger partial charge in [0.1, 0.15) is 4.90 Å². The van der Waals surface area contributed by atoms with Gasteiger partial charge < -0.3 is 5.73 Å². The summed E-state index contributed by atoms with van der Waals surface area (Å²) in [7, 11) is -3.54. The van der Waals surface area contributed by atoms with Gasteiger partial charge in [-0.2, -0.15) is 4.31 Å². The average molecular weight is 308 g/mol. The summed E-state index contributed by atoms with van der Waals surface area (Å²) < 4.78 is 26.1. The van der Waals surface area contributed by atoms with E-state index in [1.54, 1.807) is 13.8 Å². The van der Waals surface area contributed by atoms with Gasteiger partial charge >= 0.3 is 0 Å². The Balaban J connectivity index is 3.33. The first-order chi connectivity index (χ1) is 7.45. The van der Waals surface area contributed by atoms with Crippen LogP contribution in [0, 0.1) is 0 Å². The van der Waals surface area contributed by atoms with Gasteiger partial charge in [-0.1, -0.05) is 13.8 Å². The summed E-state index contributed by atoms with van der Waals surface area (Å²) in [5.74, 6) is 0. The first kappa shape index (κ1) is 13.4. The fourth-order valence-electron chi connectivity index (χ4n) is 1.34. The molecule has 0 fully saturated rings. The van der Waals surface area contributed by atoms with E-state index in [1.165, 1.54) is 16.7 Å². The minimum absolute atomic E-state index is 0.0468. The van der Waals surface area contributed by atoms with Crippen molar-refractivity contribution < 1.29 is 8.42 Å². The second-order valence-corrected chi connectivity index (χ2v) is 5.88. The molecule has 1 rings (SSSR count). The molecule has 90 valence electrons. The van der Waals surface area contributed by atoms with Gasteiger partial charge in [0.25, 0.3) is 0 Å². The Morgan fingerprint density at radius 1 is 1.38 bits per heavy atom. The second kappa shape index (κ2) is 5.11. The number of nitrogens with zero attached hydrogens (tertiary/aromatic N) is 2. The van der Waals surface area contributed by atoms with Gasteiger partial charge in [-0.25, -0.2) is 8.42 Å². The van der Waals surface area contributed by atoms with Gasteiger partial charge in [0.05, 0.1) is 10.2 Å². The van der Waals surface area contributed by atoms with E-state index in [4.69, 9.17) is 5.73 Å². The van der Waals surface area contributed by atoms with Crippen molar-refractivity contribution in [2.45, 2.75) is 18.7 Å². The monoisotopic (exact) mass is 307 g/mol. The molecule has 5 nitrogen and oxygen atoms in total. The lowest BCUT2D eigenvalue weighted by atomic mass is 10.4.